The summed E-state index contributed by atoms with van der Waals surface area (Å²) in [6, 6.07) is 6.52. The molecule has 2 heterocycles. The smallest absolute Gasteiger partial charge is 0.376 e. The van der Waals surface area contributed by atoms with Crippen molar-refractivity contribution in [1.29, 1.82) is 0 Å². The van der Waals surface area contributed by atoms with E-state index in [1.165, 1.54) is 35.0 Å². The lowest BCUT2D eigenvalue weighted by molar-refractivity contribution is -0.144. The molecule has 3 rings (SSSR count). The molecule has 1 unspecified atom stereocenters. The minimum absolute atomic E-state index is 0.177. The average Bonchev–Trinajstić information content (AvgIpc) is 3.09. The maximum absolute atomic E-state index is 13.2. The van der Waals surface area contributed by atoms with E-state index in [1.54, 1.807) is 0 Å². The van der Waals surface area contributed by atoms with E-state index in [-0.39, 0.29) is 12.6 Å². The zero-order valence-corrected chi connectivity index (χ0v) is 11.7. The molecule has 1 fully saturated rings. The molecule has 118 valence electrons. The second-order valence-electron chi connectivity index (χ2n) is 5.41. The molecule has 0 saturated carbocycles. The fourth-order valence-electron chi connectivity index (χ4n) is 2.71. The molecule has 1 saturated heterocycles. The number of benzene rings is 1. The van der Waals surface area contributed by atoms with Crippen molar-refractivity contribution < 1.29 is 22.3 Å². The molecule has 0 radical (unpaired) electrons. The van der Waals surface area contributed by atoms with Gasteiger partial charge in [0.2, 0.25) is 0 Å². The van der Waals surface area contributed by atoms with Crippen LogP contribution in [-0.4, -0.2) is 17.3 Å². The summed E-state index contributed by atoms with van der Waals surface area (Å²) in [7, 11) is 0. The van der Waals surface area contributed by atoms with Crippen molar-refractivity contribution in [2.24, 2.45) is 0 Å². The Kier molecular flexibility index (Phi) is 3.95. The second kappa shape index (κ2) is 5.76. The van der Waals surface area contributed by atoms with Crippen LogP contribution in [0.4, 0.5) is 17.6 Å². The first kappa shape index (κ1) is 15.1. The van der Waals surface area contributed by atoms with E-state index in [4.69, 9.17) is 4.74 Å². The zero-order valence-electron chi connectivity index (χ0n) is 11.7. The van der Waals surface area contributed by atoms with E-state index >= 15 is 0 Å². The lowest BCUT2D eigenvalue weighted by Crippen LogP contribution is -2.20. The van der Waals surface area contributed by atoms with Crippen LogP contribution in [0.25, 0.3) is 11.1 Å². The molecule has 1 aromatic carbocycles. The number of rotatable bonds is 3. The number of nitrogens with zero attached hydrogens (tertiary/aromatic N) is 1. The van der Waals surface area contributed by atoms with Gasteiger partial charge in [0.05, 0.1) is 6.10 Å². The summed E-state index contributed by atoms with van der Waals surface area (Å²) < 4.78 is 59.1. The Morgan fingerprint density at radius 1 is 1.14 bits per heavy atom. The highest BCUT2D eigenvalue weighted by Crippen LogP contribution is 2.34. The Balaban J connectivity index is 1.94. The van der Waals surface area contributed by atoms with Gasteiger partial charge in [-0.3, -0.25) is 0 Å². The Labute approximate surface area is 125 Å². The van der Waals surface area contributed by atoms with Crippen LogP contribution in [0.2, 0.25) is 0 Å². The van der Waals surface area contributed by atoms with Crippen LogP contribution in [-0.2, 0) is 17.5 Å². The summed E-state index contributed by atoms with van der Waals surface area (Å²) in [5, 5.41) is 0. The van der Waals surface area contributed by atoms with Gasteiger partial charge in [0.15, 0.2) is 0 Å². The van der Waals surface area contributed by atoms with Crippen LogP contribution >= 0.6 is 0 Å². The van der Waals surface area contributed by atoms with Crippen LogP contribution in [0.1, 0.15) is 18.5 Å². The van der Waals surface area contributed by atoms with Crippen molar-refractivity contribution in [3.63, 3.8) is 0 Å². The van der Waals surface area contributed by atoms with E-state index in [2.05, 4.69) is 0 Å². The summed E-state index contributed by atoms with van der Waals surface area (Å²) >= 11 is 0. The monoisotopic (exact) mass is 313 g/mol. The molecule has 1 atom stereocenters. The van der Waals surface area contributed by atoms with Crippen molar-refractivity contribution in [3.8, 4) is 11.1 Å². The molecule has 1 aliphatic rings. The van der Waals surface area contributed by atoms with Gasteiger partial charge in [-0.05, 0) is 42.2 Å². The van der Waals surface area contributed by atoms with Crippen molar-refractivity contribution >= 4 is 0 Å². The van der Waals surface area contributed by atoms with Gasteiger partial charge in [-0.2, -0.15) is 13.2 Å². The van der Waals surface area contributed by atoms with Gasteiger partial charge in [-0.25, -0.2) is 4.39 Å². The zero-order chi connectivity index (χ0) is 15.7. The minimum Gasteiger partial charge on any atom is -0.376 e. The van der Waals surface area contributed by atoms with Crippen molar-refractivity contribution in [2.45, 2.75) is 31.7 Å². The highest BCUT2D eigenvalue weighted by Gasteiger charge is 2.35. The van der Waals surface area contributed by atoms with E-state index in [0.717, 1.165) is 18.9 Å². The molecular weight excluding hydrogens is 298 g/mol. The standard InChI is InChI=1S/C16H15F4NO/c17-13-5-3-11(4-6-13)12-8-15(16(18,19)20)21(9-12)10-14-2-1-7-22-14/h3-6,8-9,14H,1-2,7,10H2. The molecule has 0 spiro atoms. The maximum atomic E-state index is 13.2. The van der Waals surface area contributed by atoms with Gasteiger partial charge < -0.3 is 9.30 Å². The average molecular weight is 313 g/mol. The molecule has 6 heteroatoms. The lowest BCUT2D eigenvalue weighted by Gasteiger charge is -2.15. The van der Waals surface area contributed by atoms with Gasteiger partial charge in [-0.1, -0.05) is 12.1 Å². The summed E-state index contributed by atoms with van der Waals surface area (Å²) in [5.41, 5.74) is 0.269. The molecule has 2 aromatic rings. The van der Waals surface area contributed by atoms with Crippen molar-refractivity contribution in [2.75, 3.05) is 6.61 Å². The maximum Gasteiger partial charge on any atom is 0.431 e. The predicted molar refractivity (Wildman–Crippen MR) is 73.8 cm³/mol. The van der Waals surface area contributed by atoms with E-state index < -0.39 is 17.7 Å². The number of alkyl halides is 3. The first-order valence-corrected chi connectivity index (χ1v) is 7.08. The number of aromatic nitrogens is 1. The third-order valence-electron chi connectivity index (χ3n) is 3.79. The Morgan fingerprint density at radius 2 is 1.86 bits per heavy atom. The first-order valence-electron chi connectivity index (χ1n) is 7.08. The summed E-state index contributed by atoms with van der Waals surface area (Å²) in [5.74, 6) is -0.418. The normalized spacial score (nSPS) is 18.8. The quantitative estimate of drug-likeness (QED) is 0.761. The molecular formula is C16H15F4NO. The second-order valence-corrected chi connectivity index (χ2v) is 5.41. The van der Waals surface area contributed by atoms with E-state index in [0.29, 0.717) is 17.7 Å². The van der Waals surface area contributed by atoms with Crippen molar-refractivity contribution in [3.05, 3.63) is 48.0 Å². The Bertz CT molecular complexity index is 639. The highest BCUT2D eigenvalue weighted by molar-refractivity contribution is 5.63. The molecule has 2 nitrogen and oxygen atoms in total. The van der Waals surface area contributed by atoms with Gasteiger partial charge >= 0.3 is 6.18 Å². The summed E-state index contributed by atoms with van der Waals surface area (Å²) in [6.07, 6.45) is -1.52. The summed E-state index contributed by atoms with van der Waals surface area (Å²) in [4.78, 5) is 0. The molecule has 0 bridgehead atoms. The van der Waals surface area contributed by atoms with Crippen LogP contribution in [0.5, 0.6) is 0 Å². The molecule has 0 N–H and O–H groups in total. The van der Waals surface area contributed by atoms with E-state index in [9.17, 15) is 17.6 Å². The van der Waals surface area contributed by atoms with Crippen LogP contribution in [0, 0.1) is 5.82 Å². The van der Waals surface area contributed by atoms with Crippen LogP contribution in [0.3, 0.4) is 0 Å². The Morgan fingerprint density at radius 3 is 2.45 bits per heavy atom. The topological polar surface area (TPSA) is 14.2 Å². The molecule has 0 aliphatic carbocycles. The highest BCUT2D eigenvalue weighted by atomic mass is 19.4. The molecule has 1 aromatic heterocycles. The van der Waals surface area contributed by atoms with Gasteiger partial charge in [0.25, 0.3) is 0 Å². The SMILES string of the molecule is Fc1ccc(-c2cc(C(F)(F)F)n(CC3CCCO3)c2)cc1. The first-order chi connectivity index (χ1) is 10.4. The van der Waals surface area contributed by atoms with Gasteiger partial charge in [0.1, 0.15) is 11.5 Å². The van der Waals surface area contributed by atoms with Crippen molar-refractivity contribution in [1.82, 2.24) is 4.57 Å². The molecule has 22 heavy (non-hydrogen) atoms. The van der Waals surface area contributed by atoms with E-state index in [1.807, 2.05) is 0 Å². The van der Waals surface area contributed by atoms with Gasteiger partial charge in [0, 0.05) is 19.3 Å². The van der Waals surface area contributed by atoms with Crippen LogP contribution in [0.15, 0.2) is 36.5 Å². The third kappa shape index (κ3) is 3.16. The number of ether oxygens (including phenoxy) is 1. The van der Waals surface area contributed by atoms with Crippen LogP contribution < -0.4 is 0 Å². The largest absolute Gasteiger partial charge is 0.431 e. The molecule has 1 aliphatic heterocycles. The number of hydrogen-bond acceptors (Lipinski definition) is 1. The number of hydrogen-bond donors (Lipinski definition) is 0. The fourth-order valence-corrected chi connectivity index (χ4v) is 2.71. The Hall–Kier alpha value is -1.82. The number of halogens is 4. The minimum atomic E-state index is -4.43. The third-order valence-corrected chi connectivity index (χ3v) is 3.79. The summed E-state index contributed by atoms with van der Waals surface area (Å²) in [6.45, 7) is 0.772. The molecule has 0 amide bonds. The predicted octanol–water partition coefficient (Wildman–Crippen LogP) is 4.49. The lowest BCUT2D eigenvalue weighted by atomic mass is 10.1. The fraction of sp³-hybridized carbons (Fsp3) is 0.375. The van der Waals surface area contributed by atoms with Gasteiger partial charge in [-0.15, -0.1) is 0 Å².